The molecule has 0 fully saturated rings. The van der Waals surface area contributed by atoms with Crippen LogP contribution in [0.3, 0.4) is 0 Å². The molecular formula is C18H15NO. The van der Waals surface area contributed by atoms with Gasteiger partial charge in [0.25, 0.3) is 0 Å². The van der Waals surface area contributed by atoms with E-state index >= 15 is 0 Å². The van der Waals surface area contributed by atoms with Crippen LogP contribution in [0.15, 0.2) is 71.5 Å². The Labute approximate surface area is 117 Å². The predicted octanol–water partition coefficient (Wildman–Crippen LogP) is 4.02. The van der Waals surface area contributed by atoms with Crippen LogP contribution in [-0.2, 0) is 0 Å². The van der Waals surface area contributed by atoms with E-state index in [4.69, 9.17) is 0 Å². The number of H-pyrrole nitrogens is 1. The van der Waals surface area contributed by atoms with Crippen molar-refractivity contribution in [2.24, 2.45) is 0 Å². The zero-order valence-corrected chi connectivity index (χ0v) is 11.3. The Hall–Kier alpha value is -2.61. The van der Waals surface area contributed by atoms with E-state index in [9.17, 15) is 4.79 Å². The second-order valence-electron chi connectivity index (χ2n) is 4.88. The van der Waals surface area contributed by atoms with Crippen molar-refractivity contribution in [2.75, 3.05) is 0 Å². The molecule has 0 amide bonds. The van der Waals surface area contributed by atoms with E-state index in [0.717, 1.165) is 22.4 Å². The van der Waals surface area contributed by atoms with Crippen molar-refractivity contribution >= 4 is 0 Å². The van der Waals surface area contributed by atoms with Gasteiger partial charge in [-0.3, -0.25) is 4.79 Å². The summed E-state index contributed by atoms with van der Waals surface area (Å²) in [4.78, 5) is 14.8. The smallest absolute Gasteiger partial charge is 0.249 e. The lowest BCUT2D eigenvalue weighted by Gasteiger charge is -2.06. The second-order valence-corrected chi connectivity index (χ2v) is 4.88. The van der Waals surface area contributed by atoms with Crippen molar-refractivity contribution in [1.29, 1.82) is 0 Å². The molecule has 0 aliphatic rings. The van der Waals surface area contributed by atoms with Crippen molar-refractivity contribution in [2.45, 2.75) is 6.92 Å². The summed E-state index contributed by atoms with van der Waals surface area (Å²) < 4.78 is 0. The molecular weight excluding hydrogens is 246 g/mol. The lowest BCUT2D eigenvalue weighted by molar-refractivity contribution is 1.24. The Balaban J connectivity index is 2.12. The van der Waals surface area contributed by atoms with Gasteiger partial charge in [-0.15, -0.1) is 0 Å². The van der Waals surface area contributed by atoms with Crippen LogP contribution in [0.1, 0.15) is 5.56 Å². The number of pyridine rings is 1. The molecule has 1 N–H and O–H groups in total. The third-order valence-corrected chi connectivity index (χ3v) is 3.31. The van der Waals surface area contributed by atoms with Gasteiger partial charge < -0.3 is 4.98 Å². The molecule has 2 nitrogen and oxygen atoms in total. The minimum Gasteiger partial charge on any atom is -0.322 e. The van der Waals surface area contributed by atoms with E-state index in [1.54, 1.807) is 6.07 Å². The molecule has 3 aromatic rings. The minimum atomic E-state index is -0.0815. The van der Waals surface area contributed by atoms with E-state index in [1.165, 1.54) is 5.56 Å². The molecule has 0 unspecified atom stereocenters. The molecule has 0 bridgehead atoms. The maximum absolute atomic E-state index is 11.9. The first-order valence-corrected chi connectivity index (χ1v) is 6.59. The van der Waals surface area contributed by atoms with Gasteiger partial charge in [-0.2, -0.15) is 0 Å². The van der Waals surface area contributed by atoms with Crippen LogP contribution < -0.4 is 5.56 Å². The molecule has 2 heteroatoms. The topological polar surface area (TPSA) is 32.9 Å². The van der Waals surface area contributed by atoms with Crippen molar-refractivity contribution in [1.82, 2.24) is 4.98 Å². The lowest BCUT2D eigenvalue weighted by atomic mass is 10.0. The zero-order valence-electron chi connectivity index (χ0n) is 11.3. The highest BCUT2D eigenvalue weighted by Gasteiger charge is 2.03. The molecule has 0 aliphatic carbocycles. The fraction of sp³-hybridized carbons (Fsp3) is 0.0556. The van der Waals surface area contributed by atoms with Gasteiger partial charge in [0.1, 0.15) is 0 Å². The fourth-order valence-corrected chi connectivity index (χ4v) is 2.23. The quantitative estimate of drug-likeness (QED) is 0.742. The number of aryl methyl sites for hydroxylation is 1. The van der Waals surface area contributed by atoms with Gasteiger partial charge in [-0.05, 0) is 29.7 Å². The molecule has 3 rings (SSSR count). The molecule has 0 spiro atoms. The second kappa shape index (κ2) is 5.17. The van der Waals surface area contributed by atoms with Crippen LogP contribution in [0, 0.1) is 6.92 Å². The third kappa shape index (κ3) is 2.54. The number of benzene rings is 2. The number of rotatable bonds is 2. The van der Waals surface area contributed by atoms with Gasteiger partial charge in [0.2, 0.25) is 5.56 Å². The Morgan fingerprint density at radius 3 is 2.15 bits per heavy atom. The van der Waals surface area contributed by atoms with E-state index in [-0.39, 0.29) is 5.56 Å². The Kier molecular flexibility index (Phi) is 3.21. The van der Waals surface area contributed by atoms with E-state index in [2.05, 4.69) is 4.98 Å². The number of nitrogens with one attached hydrogen (secondary N) is 1. The molecule has 98 valence electrons. The minimum absolute atomic E-state index is 0.0815. The molecule has 1 heterocycles. The highest BCUT2D eigenvalue weighted by molar-refractivity contribution is 5.70. The standard InChI is InChI=1S/C18H15NO/c1-13-7-9-15(10-8-13)17-11-16(12-18(20)19-17)14-5-3-2-4-6-14/h2-12H,1H3,(H,19,20). The molecule has 0 saturated carbocycles. The Morgan fingerprint density at radius 1 is 0.750 bits per heavy atom. The Morgan fingerprint density at radius 2 is 1.45 bits per heavy atom. The molecule has 1 aromatic heterocycles. The van der Waals surface area contributed by atoms with E-state index in [0.29, 0.717) is 0 Å². The van der Waals surface area contributed by atoms with Gasteiger partial charge in [0.15, 0.2) is 0 Å². The summed E-state index contributed by atoms with van der Waals surface area (Å²) in [7, 11) is 0. The summed E-state index contributed by atoms with van der Waals surface area (Å²) in [5.41, 5.74) is 4.97. The first-order chi connectivity index (χ1) is 9.72. The Bertz CT molecular complexity index is 771. The molecule has 0 aliphatic heterocycles. The average molecular weight is 261 g/mol. The van der Waals surface area contributed by atoms with Gasteiger partial charge >= 0.3 is 0 Å². The van der Waals surface area contributed by atoms with Crippen LogP contribution >= 0.6 is 0 Å². The normalized spacial score (nSPS) is 10.4. The van der Waals surface area contributed by atoms with Crippen LogP contribution in [0.5, 0.6) is 0 Å². The maximum Gasteiger partial charge on any atom is 0.249 e. The monoisotopic (exact) mass is 261 g/mol. The highest BCUT2D eigenvalue weighted by Crippen LogP contribution is 2.23. The summed E-state index contributed by atoms with van der Waals surface area (Å²) in [6.07, 6.45) is 0. The molecule has 20 heavy (non-hydrogen) atoms. The molecule has 0 atom stereocenters. The van der Waals surface area contributed by atoms with Gasteiger partial charge in [-0.1, -0.05) is 60.2 Å². The molecule has 2 aromatic carbocycles. The van der Waals surface area contributed by atoms with Crippen molar-refractivity contribution in [3.63, 3.8) is 0 Å². The summed E-state index contributed by atoms with van der Waals surface area (Å²) >= 11 is 0. The largest absolute Gasteiger partial charge is 0.322 e. The predicted molar refractivity (Wildman–Crippen MR) is 82.7 cm³/mol. The lowest BCUT2D eigenvalue weighted by Crippen LogP contribution is -2.05. The maximum atomic E-state index is 11.9. The van der Waals surface area contributed by atoms with Gasteiger partial charge in [-0.25, -0.2) is 0 Å². The number of hydrogen-bond acceptors (Lipinski definition) is 1. The van der Waals surface area contributed by atoms with E-state index < -0.39 is 0 Å². The van der Waals surface area contributed by atoms with Gasteiger partial charge in [0.05, 0.1) is 0 Å². The average Bonchev–Trinajstić information content (AvgIpc) is 2.48. The van der Waals surface area contributed by atoms with Crippen molar-refractivity contribution in [3.05, 3.63) is 82.6 Å². The number of hydrogen-bond donors (Lipinski definition) is 1. The summed E-state index contributed by atoms with van der Waals surface area (Å²) in [5, 5.41) is 0. The summed E-state index contributed by atoms with van der Waals surface area (Å²) in [6.45, 7) is 2.05. The highest BCUT2D eigenvalue weighted by atomic mass is 16.1. The molecule has 0 radical (unpaired) electrons. The first kappa shape index (κ1) is 12.4. The van der Waals surface area contributed by atoms with Crippen LogP contribution in [-0.4, -0.2) is 4.98 Å². The van der Waals surface area contributed by atoms with Crippen LogP contribution in [0.2, 0.25) is 0 Å². The van der Waals surface area contributed by atoms with Crippen molar-refractivity contribution in [3.8, 4) is 22.4 Å². The van der Waals surface area contributed by atoms with E-state index in [1.807, 2.05) is 67.6 Å². The summed E-state index contributed by atoms with van der Waals surface area (Å²) in [5.74, 6) is 0. The zero-order chi connectivity index (χ0) is 13.9. The number of aromatic nitrogens is 1. The van der Waals surface area contributed by atoms with Crippen molar-refractivity contribution < 1.29 is 0 Å². The fourth-order valence-electron chi connectivity index (χ4n) is 2.23. The van der Waals surface area contributed by atoms with Crippen LogP contribution in [0.4, 0.5) is 0 Å². The van der Waals surface area contributed by atoms with Gasteiger partial charge in [0, 0.05) is 11.8 Å². The summed E-state index contributed by atoms with van der Waals surface area (Å²) in [6, 6.07) is 21.7. The first-order valence-electron chi connectivity index (χ1n) is 6.59. The van der Waals surface area contributed by atoms with Crippen LogP contribution in [0.25, 0.3) is 22.4 Å². The third-order valence-electron chi connectivity index (χ3n) is 3.31. The number of aromatic amines is 1. The SMILES string of the molecule is Cc1ccc(-c2cc(-c3ccccc3)cc(=O)[nH]2)cc1. The molecule has 0 saturated heterocycles.